The van der Waals surface area contributed by atoms with Crippen LogP contribution >= 0.6 is 0 Å². The number of nitrogens with one attached hydrogen (secondary N) is 1. The zero-order valence-corrected chi connectivity index (χ0v) is 9.82. The standard InChI is InChI=1S/C12H21NO3/c1-3-10(2)13-7-11(14)8-15-9-12-5-4-6-16-12/h1,10-14H,4-9H2,2H3. The Bertz CT molecular complexity index is 221. The molecule has 1 heterocycles. The molecule has 0 radical (unpaired) electrons. The second-order valence-electron chi connectivity index (χ2n) is 4.12. The van der Waals surface area contributed by atoms with Crippen molar-refractivity contribution in [2.24, 2.45) is 0 Å². The predicted molar refractivity (Wildman–Crippen MR) is 62.1 cm³/mol. The van der Waals surface area contributed by atoms with Crippen molar-refractivity contribution < 1.29 is 14.6 Å². The number of rotatable bonds is 7. The molecule has 0 aliphatic carbocycles. The highest BCUT2D eigenvalue weighted by Crippen LogP contribution is 2.11. The maximum absolute atomic E-state index is 9.57. The number of ether oxygens (including phenoxy) is 2. The van der Waals surface area contributed by atoms with Gasteiger partial charge in [-0.25, -0.2) is 0 Å². The smallest absolute Gasteiger partial charge is 0.0898 e. The van der Waals surface area contributed by atoms with Gasteiger partial charge in [-0.05, 0) is 19.8 Å². The molecule has 1 rings (SSSR count). The van der Waals surface area contributed by atoms with Crippen molar-refractivity contribution in [3.63, 3.8) is 0 Å². The molecule has 0 aromatic carbocycles. The SMILES string of the molecule is C#CC(C)NCC(O)COCC1CCCO1. The first-order valence-electron chi connectivity index (χ1n) is 5.79. The van der Waals surface area contributed by atoms with Crippen molar-refractivity contribution in [1.82, 2.24) is 5.32 Å². The second kappa shape index (κ2) is 7.64. The first-order valence-corrected chi connectivity index (χ1v) is 5.79. The Balaban J connectivity index is 1.97. The molecule has 4 heteroatoms. The molecule has 1 aliphatic rings. The fourth-order valence-corrected chi connectivity index (χ4v) is 1.54. The molecule has 2 N–H and O–H groups in total. The summed E-state index contributed by atoms with van der Waals surface area (Å²) in [5, 5.41) is 12.6. The van der Waals surface area contributed by atoms with E-state index < -0.39 is 6.10 Å². The van der Waals surface area contributed by atoms with Crippen molar-refractivity contribution in [3.05, 3.63) is 0 Å². The highest BCUT2D eigenvalue weighted by atomic mass is 16.5. The summed E-state index contributed by atoms with van der Waals surface area (Å²) in [4.78, 5) is 0. The minimum atomic E-state index is -0.516. The van der Waals surface area contributed by atoms with Gasteiger partial charge in [0.2, 0.25) is 0 Å². The van der Waals surface area contributed by atoms with E-state index in [9.17, 15) is 5.11 Å². The van der Waals surface area contributed by atoms with Gasteiger partial charge in [-0.3, -0.25) is 0 Å². The van der Waals surface area contributed by atoms with Gasteiger partial charge in [0.25, 0.3) is 0 Å². The summed E-state index contributed by atoms with van der Waals surface area (Å²) in [6, 6.07) is -0.0205. The quantitative estimate of drug-likeness (QED) is 0.608. The van der Waals surface area contributed by atoms with E-state index in [1.54, 1.807) is 0 Å². The molecule has 0 amide bonds. The Morgan fingerprint density at radius 1 is 1.69 bits per heavy atom. The fourth-order valence-electron chi connectivity index (χ4n) is 1.54. The van der Waals surface area contributed by atoms with E-state index in [1.807, 2.05) is 6.92 Å². The topological polar surface area (TPSA) is 50.7 Å². The van der Waals surface area contributed by atoms with Crippen LogP contribution < -0.4 is 5.32 Å². The summed E-state index contributed by atoms with van der Waals surface area (Å²) in [5.74, 6) is 2.54. The minimum Gasteiger partial charge on any atom is -0.389 e. The van der Waals surface area contributed by atoms with Crippen molar-refractivity contribution in [1.29, 1.82) is 0 Å². The number of hydrogen-bond donors (Lipinski definition) is 2. The van der Waals surface area contributed by atoms with Crippen molar-refractivity contribution >= 4 is 0 Å². The Labute approximate surface area is 97.3 Å². The third-order valence-electron chi connectivity index (χ3n) is 2.55. The molecule has 92 valence electrons. The van der Waals surface area contributed by atoms with Crippen LogP contribution in [0, 0.1) is 12.3 Å². The molecule has 3 unspecified atom stereocenters. The summed E-state index contributed by atoms with van der Waals surface area (Å²) >= 11 is 0. The molecule has 1 aliphatic heterocycles. The van der Waals surface area contributed by atoms with Gasteiger partial charge in [0.15, 0.2) is 0 Å². The Hall–Kier alpha value is -0.600. The Kier molecular flexibility index (Phi) is 6.43. The van der Waals surface area contributed by atoms with E-state index >= 15 is 0 Å². The second-order valence-corrected chi connectivity index (χ2v) is 4.12. The van der Waals surface area contributed by atoms with Crippen LogP contribution in [-0.4, -0.2) is 49.7 Å². The molecule has 0 saturated carbocycles. The predicted octanol–water partition coefficient (Wildman–Crippen LogP) is 0.154. The first-order chi connectivity index (χ1) is 7.72. The lowest BCUT2D eigenvalue weighted by Crippen LogP contribution is -2.35. The van der Waals surface area contributed by atoms with Gasteiger partial charge in [-0.2, -0.15) is 0 Å². The molecule has 1 saturated heterocycles. The summed E-state index contributed by atoms with van der Waals surface area (Å²) in [5.41, 5.74) is 0. The lowest BCUT2D eigenvalue weighted by Gasteiger charge is -2.15. The summed E-state index contributed by atoms with van der Waals surface area (Å²) in [7, 11) is 0. The average molecular weight is 227 g/mol. The van der Waals surface area contributed by atoms with Crippen LogP contribution in [0.5, 0.6) is 0 Å². The minimum absolute atomic E-state index is 0.0205. The van der Waals surface area contributed by atoms with Crippen LogP contribution in [0.2, 0.25) is 0 Å². The number of aliphatic hydroxyl groups is 1. The van der Waals surface area contributed by atoms with Gasteiger partial charge >= 0.3 is 0 Å². The van der Waals surface area contributed by atoms with E-state index in [2.05, 4.69) is 11.2 Å². The molecule has 0 spiro atoms. The molecule has 0 aromatic rings. The third-order valence-corrected chi connectivity index (χ3v) is 2.55. The lowest BCUT2D eigenvalue weighted by atomic mass is 10.2. The maximum atomic E-state index is 9.57. The number of hydrogen-bond acceptors (Lipinski definition) is 4. The van der Waals surface area contributed by atoms with E-state index in [0.717, 1.165) is 19.4 Å². The van der Waals surface area contributed by atoms with Crippen molar-refractivity contribution in [3.8, 4) is 12.3 Å². The zero-order chi connectivity index (χ0) is 11.8. The van der Waals surface area contributed by atoms with Gasteiger partial charge in [-0.1, -0.05) is 5.92 Å². The Morgan fingerprint density at radius 3 is 3.12 bits per heavy atom. The molecular formula is C12H21NO3. The molecule has 3 atom stereocenters. The first kappa shape index (κ1) is 13.5. The number of terminal acetylenes is 1. The Morgan fingerprint density at radius 2 is 2.50 bits per heavy atom. The maximum Gasteiger partial charge on any atom is 0.0898 e. The van der Waals surface area contributed by atoms with E-state index in [4.69, 9.17) is 15.9 Å². The largest absolute Gasteiger partial charge is 0.389 e. The van der Waals surface area contributed by atoms with Gasteiger partial charge in [-0.15, -0.1) is 6.42 Å². The van der Waals surface area contributed by atoms with Crippen LogP contribution in [0.1, 0.15) is 19.8 Å². The monoisotopic (exact) mass is 227 g/mol. The molecule has 16 heavy (non-hydrogen) atoms. The summed E-state index contributed by atoms with van der Waals surface area (Å²) in [6.45, 7) is 4.06. The zero-order valence-electron chi connectivity index (χ0n) is 9.82. The van der Waals surface area contributed by atoms with Crippen molar-refractivity contribution in [2.75, 3.05) is 26.4 Å². The summed E-state index contributed by atoms with van der Waals surface area (Å²) < 4.78 is 10.8. The summed E-state index contributed by atoms with van der Waals surface area (Å²) in [6.07, 6.45) is 7.06. The van der Waals surface area contributed by atoms with Crippen LogP contribution in [0.15, 0.2) is 0 Å². The van der Waals surface area contributed by atoms with Gasteiger partial charge in [0.1, 0.15) is 0 Å². The molecule has 0 aromatic heterocycles. The van der Waals surface area contributed by atoms with Crippen LogP contribution in [0.4, 0.5) is 0 Å². The van der Waals surface area contributed by atoms with Crippen LogP contribution in [0.25, 0.3) is 0 Å². The molecule has 4 nitrogen and oxygen atoms in total. The molecular weight excluding hydrogens is 206 g/mol. The molecule has 1 fully saturated rings. The normalized spacial score (nSPS) is 23.9. The highest BCUT2D eigenvalue weighted by Gasteiger charge is 2.16. The lowest BCUT2D eigenvalue weighted by molar-refractivity contribution is -0.0165. The van der Waals surface area contributed by atoms with E-state index in [1.165, 1.54) is 0 Å². The average Bonchev–Trinajstić information content (AvgIpc) is 2.79. The third kappa shape index (κ3) is 5.47. The fraction of sp³-hybridized carbons (Fsp3) is 0.833. The van der Waals surface area contributed by atoms with Crippen LogP contribution in [-0.2, 0) is 9.47 Å². The van der Waals surface area contributed by atoms with Crippen LogP contribution in [0.3, 0.4) is 0 Å². The van der Waals surface area contributed by atoms with Gasteiger partial charge in [0, 0.05) is 13.2 Å². The van der Waals surface area contributed by atoms with E-state index in [-0.39, 0.29) is 12.1 Å². The van der Waals surface area contributed by atoms with Crippen molar-refractivity contribution in [2.45, 2.75) is 38.0 Å². The highest BCUT2D eigenvalue weighted by molar-refractivity contribution is 4.95. The number of aliphatic hydroxyl groups excluding tert-OH is 1. The van der Waals surface area contributed by atoms with Gasteiger partial charge in [0.05, 0.1) is 31.5 Å². The van der Waals surface area contributed by atoms with E-state index in [0.29, 0.717) is 19.8 Å². The van der Waals surface area contributed by atoms with Gasteiger partial charge < -0.3 is 19.9 Å². The molecule has 0 bridgehead atoms.